The normalized spacial score (nSPS) is 18.8. The van der Waals surface area contributed by atoms with Crippen molar-refractivity contribution in [1.29, 1.82) is 0 Å². The fourth-order valence-corrected chi connectivity index (χ4v) is 2.34. The first-order chi connectivity index (χ1) is 9.35. The number of anilines is 2. The van der Waals surface area contributed by atoms with Gasteiger partial charge >= 0.3 is 0 Å². The molecule has 4 N–H and O–H groups in total. The van der Waals surface area contributed by atoms with Crippen LogP contribution in [-0.4, -0.2) is 41.1 Å². The third-order valence-electron chi connectivity index (χ3n) is 3.58. The van der Waals surface area contributed by atoms with Gasteiger partial charge in [-0.25, -0.2) is 0 Å². The third kappa shape index (κ3) is 4.10. The lowest BCUT2D eigenvalue weighted by Crippen LogP contribution is -2.45. The van der Waals surface area contributed by atoms with E-state index in [0.29, 0.717) is 35.8 Å². The highest BCUT2D eigenvalue weighted by molar-refractivity contribution is 6.33. The molecule has 0 radical (unpaired) electrons. The van der Waals surface area contributed by atoms with Crippen LogP contribution < -0.4 is 11.1 Å². The highest BCUT2D eigenvalue weighted by Crippen LogP contribution is 2.23. The number of aliphatic hydroxyl groups is 1. The SMILES string of the molecule is CC1(O)CCN(CC(=O)Nc2ccc(Cl)c(N)c2)CC1. The average Bonchev–Trinajstić information content (AvgIpc) is 2.36. The number of nitrogens with zero attached hydrogens (tertiary/aromatic N) is 1. The lowest BCUT2D eigenvalue weighted by atomic mass is 9.94. The molecule has 0 aliphatic carbocycles. The molecule has 110 valence electrons. The Hall–Kier alpha value is -1.30. The van der Waals surface area contributed by atoms with E-state index in [2.05, 4.69) is 5.32 Å². The monoisotopic (exact) mass is 297 g/mol. The fourth-order valence-electron chi connectivity index (χ4n) is 2.22. The van der Waals surface area contributed by atoms with Gasteiger partial charge in [-0.2, -0.15) is 0 Å². The summed E-state index contributed by atoms with van der Waals surface area (Å²) in [4.78, 5) is 14.0. The number of benzene rings is 1. The van der Waals surface area contributed by atoms with Gasteiger partial charge in [0.25, 0.3) is 0 Å². The number of hydrogen-bond donors (Lipinski definition) is 3. The van der Waals surface area contributed by atoms with Crippen LogP contribution in [0.5, 0.6) is 0 Å². The summed E-state index contributed by atoms with van der Waals surface area (Å²) in [6, 6.07) is 5.02. The molecular formula is C14H20ClN3O2. The van der Waals surface area contributed by atoms with Crippen molar-refractivity contribution in [2.75, 3.05) is 30.7 Å². The maximum absolute atomic E-state index is 11.9. The van der Waals surface area contributed by atoms with E-state index in [1.807, 2.05) is 11.8 Å². The zero-order chi connectivity index (χ0) is 14.8. The second-order valence-electron chi connectivity index (χ2n) is 5.56. The van der Waals surface area contributed by atoms with Crippen LogP contribution in [0.1, 0.15) is 19.8 Å². The maximum Gasteiger partial charge on any atom is 0.238 e. The molecule has 1 aromatic carbocycles. The zero-order valence-corrected chi connectivity index (χ0v) is 12.3. The van der Waals surface area contributed by atoms with E-state index in [1.54, 1.807) is 18.2 Å². The summed E-state index contributed by atoms with van der Waals surface area (Å²) in [5, 5.41) is 13.1. The molecule has 1 aromatic rings. The number of amides is 1. The van der Waals surface area contributed by atoms with Crippen LogP contribution >= 0.6 is 11.6 Å². The molecule has 1 saturated heterocycles. The van der Waals surface area contributed by atoms with Crippen molar-refractivity contribution >= 4 is 28.9 Å². The van der Waals surface area contributed by atoms with Gasteiger partial charge in [0.05, 0.1) is 22.9 Å². The van der Waals surface area contributed by atoms with Crippen LogP contribution in [0.2, 0.25) is 5.02 Å². The minimum absolute atomic E-state index is 0.0896. The first kappa shape index (κ1) is 15.1. The number of carbonyl (C=O) groups excluding carboxylic acids is 1. The molecule has 0 saturated carbocycles. The quantitative estimate of drug-likeness (QED) is 0.742. The van der Waals surface area contributed by atoms with Crippen molar-refractivity contribution in [3.63, 3.8) is 0 Å². The molecule has 1 fully saturated rings. The van der Waals surface area contributed by atoms with Crippen LogP contribution in [-0.2, 0) is 4.79 Å². The van der Waals surface area contributed by atoms with Crippen LogP contribution in [0.3, 0.4) is 0 Å². The lowest BCUT2D eigenvalue weighted by Gasteiger charge is -2.35. The minimum atomic E-state index is -0.600. The number of nitrogen functional groups attached to an aromatic ring is 1. The van der Waals surface area contributed by atoms with E-state index in [0.717, 1.165) is 13.1 Å². The topological polar surface area (TPSA) is 78.6 Å². The molecule has 0 bridgehead atoms. The molecule has 0 unspecified atom stereocenters. The number of nitrogens with one attached hydrogen (secondary N) is 1. The minimum Gasteiger partial charge on any atom is -0.397 e. The van der Waals surface area contributed by atoms with E-state index in [9.17, 15) is 9.90 Å². The number of nitrogens with two attached hydrogens (primary N) is 1. The number of piperidine rings is 1. The first-order valence-electron chi connectivity index (χ1n) is 6.65. The van der Waals surface area contributed by atoms with Gasteiger partial charge in [0.2, 0.25) is 5.91 Å². The van der Waals surface area contributed by atoms with Gasteiger partial charge in [-0.05, 0) is 38.0 Å². The predicted octanol–water partition coefficient (Wildman–Crippen LogP) is 1.71. The molecule has 2 rings (SSSR count). The molecular weight excluding hydrogens is 278 g/mol. The van der Waals surface area contributed by atoms with Crippen LogP contribution in [0.4, 0.5) is 11.4 Å². The predicted molar refractivity (Wildman–Crippen MR) is 80.8 cm³/mol. The fraction of sp³-hybridized carbons (Fsp3) is 0.500. The largest absolute Gasteiger partial charge is 0.397 e. The highest BCUT2D eigenvalue weighted by Gasteiger charge is 2.27. The molecule has 1 amide bonds. The molecule has 0 atom stereocenters. The lowest BCUT2D eigenvalue weighted by molar-refractivity contribution is -0.118. The molecule has 1 aliphatic rings. The molecule has 1 aliphatic heterocycles. The van der Waals surface area contributed by atoms with Crippen molar-refractivity contribution in [2.24, 2.45) is 0 Å². The summed E-state index contributed by atoms with van der Waals surface area (Å²) in [7, 11) is 0. The van der Waals surface area contributed by atoms with Gasteiger partial charge in [0, 0.05) is 18.8 Å². The Balaban J connectivity index is 1.85. The Morgan fingerprint density at radius 1 is 1.50 bits per heavy atom. The van der Waals surface area contributed by atoms with Gasteiger partial charge < -0.3 is 16.2 Å². The van der Waals surface area contributed by atoms with Gasteiger partial charge in [-0.15, -0.1) is 0 Å². The standard InChI is InChI=1S/C14H20ClN3O2/c1-14(20)4-6-18(7-5-14)9-13(19)17-10-2-3-11(15)12(16)8-10/h2-3,8,20H,4-7,9,16H2,1H3,(H,17,19). The second kappa shape index (κ2) is 5.99. The summed E-state index contributed by atoms with van der Waals surface area (Å²) in [5.74, 6) is -0.0896. The van der Waals surface area contributed by atoms with Crippen LogP contribution in [0.25, 0.3) is 0 Å². The number of likely N-dealkylation sites (tertiary alicyclic amines) is 1. The van der Waals surface area contributed by atoms with E-state index in [4.69, 9.17) is 17.3 Å². The van der Waals surface area contributed by atoms with Gasteiger partial charge in [-0.3, -0.25) is 9.69 Å². The molecule has 6 heteroatoms. The summed E-state index contributed by atoms with van der Waals surface area (Å²) in [5.41, 5.74) is 6.17. The van der Waals surface area contributed by atoms with Crippen LogP contribution in [0.15, 0.2) is 18.2 Å². The van der Waals surface area contributed by atoms with Crippen molar-refractivity contribution in [2.45, 2.75) is 25.4 Å². The first-order valence-corrected chi connectivity index (χ1v) is 7.03. The Kier molecular flexibility index (Phi) is 4.52. The van der Waals surface area contributed by atoms with Crippen molar-refractivity contribution in [3.05, 3.63) is 23.2 Å². The van der Waals surface area contributed by atoms with E-state index < -0.39 is 5.60 Å². The van der Waals surface area contributed by atoms with Crippen molar-refractivity contribution in [3.8, 4) is 0 Å². The highest BCUT2D eigenvalue weighted by atomic mass is 35.5. The molecule has 0 spiro atoms. The average molecular weight is 298 g/mol. The number of rotatable bonds is 3. The van der Waals surface area contributed by atoms with Crippen molar-refractivity contribution < 1.29 is 9.90 Å². The maximum atomic E-state index is 11.9. The van der Waals surface area contributed by atoms with E-state index in [-0.39, 0.29) is 5.91 Å². The molecule has 1 heterocycles. The zero-order valence-electron chi connectivity index (χ0n) is 11.5. The summed E-state index contributed by atoms with van der Waals surface area (Å²) >= 11 is 5.83. The van der Waals surface area contributed by atoms with Gasteiger partial charge in [0.1, 0.15) is 0 Å². The van der Waals surface area contributed by atoms with Crippen LogP contribution in [0, 0.1) is 0 Å². The molecule has 5 nitrogen and oxygen atoms in total. The number of hydrogen-bond acceptors (Lipinski definition) is 4. The van der Waals surface area contributed by atoms with Gasteiger partial charge in [-0.1, -0.05) is 11.6 Å². The number of carbonyl (C=O) groups is 1. The summed E-state index contributed by atoms with van der Waals surface area (Å²) in [6.07, 6.45) is 1.38. The summed E-state index contributed by atoms with van der Waals surface area (Å²) < 4.78 is 0. The summed E-state index contributed by atoms with van der Waals surface area (Å²) in [6.45, 7) is 3.60. The van der Waals surface area contributed by atoms with Crippen molar-refractivity contribution in [1.82, 2.24) is 4.90 Å². The number of halogens is 1. The molecule has 0 aromatic heterocycles. The van der Waals surface area contributed by atoms with E-state index >= 15 is 0 Å². The molecule has 20 heavy (non-hydrogen) atoms. The van der Waals surface area contributed by atoms with Gasteiger partial charge in [0.15, 0.2) is 0 Å². The Morgan fingerprint density at radius 3 is 2.75 bits per heavy atom. The Labute approximate surface area is 123 Å². The van der Waals surface area contributed by atoms with E-state index in [1.165, 1.54) is 0 Å². The second-order valence-corrected chi connectivity index (χ2v) is 5.96. The Morgan fingerprint density at radius 2 is 2.15 bits per heavy atom. The third-order valence-corrected chi connectivity index (χ3v) is 3.92. The Bertz CT molecular complexity index is 495. The smallest absolute Gasteiger partial charge is 0.238 e.